The van der Waals surface area contributed by atoms with Gasteiger partial charge >= 0.3 is 0 Å². The van der Waals surface area contributed by atoms with E-state index in [2.05, 4.69) is 20.6 Å². The van der Waals surface area contributed by atoms with Crippen LogP contribution in [0.1, 0.15) is 42.9 Å². The number of carbonyl (C=O) groups excluding carboxylic acids is 2. The first kappa shape index (κ1) is 23.4. The number of imidazole rings is 1. The topological polar surface area (TPSA) is 114 Å². The number of hydrogen-bond donors (Lipinski definition) is 3. The number of pyridine rings is 1. The van der Waals surface area contributed by atoms with Gasteiger partial charge < -0.3 is 24.9 Å². The number of hydrogen-bond acceptors (Lipinski definition) is 5. The number of ether oxygens (including phenoxy) is 1. The van der Waals surface area contributed by atoms with Crippen molar-refractivity contribution in [1.29, 1.82) is 0 Å². The Labute approximate surface area is 212 Å². The molecule has 1 aliphatic heterocycles. The first-order valence-corrected chi connectivity index (χ1v) is 12.3. The number of fused-ring (bicyclic) bond motifs is 2. The normalized spacial score (nSPS) is 16.4. The lowest BCUT2D eigenvalue weighted by atomic mass is 10.0. The quantitative estimate of drug-likeness (QED) is 0.378. The molecule has 1 saturated carbocycles. The number of H-pyrrole nitrogens is 1. The minimum absolute atomic E-state index is 0.0184. The highest BCUT2D eigenvalue weighted by Gasteiger charge is 2.32. The van der Waals surface area contributed by atoms with E-state index in [0.29, 0.717) is 58.0 Å². The molecule has 0 saturated heterocycles. The number of amides is 2. The van der Waals surface area contributed by atoms with Crippen LogP contribution in [0.4, 0.5) is 10.2 Å². The predicted octanol–water partition coefficient (Wildman–Crippen LogP) is 4.21. The van der Waals surface area contributed by atoms with Gasteiger partial charge in [-0.2, -0.15) is 0 Å². The number of carbonyl (C=O) groups is 2. The maximum Gasteiger partial charge on any atom is 0.253 e. The van der Waals surface area contributed by atoms with Gasteiger partial charge in [0.2, 0.25) is 5.91 Å². The van der Waals surface area contributed by atoms with Crippen molar-refractivity contribution >= 4 is 28.5 Å². The molecule has 6 rings (SSSR count). The Hall–Kier alpha value is -4.05. The molecule has 10 heteroatoms. The molecule has 0 atom stereocenters. The molecule has 0 bridgehead atoms. The van der Waals surface area contributed by atoms with Crippen molar-refractivity contribution in [1.82, 2.24) is 24.8 Å². The van der Waals surface area contributed by atoms with Crippen LogP contribution in [0.5, 0.6) is 0 Å². The van der Waals surface area contributed by atoms with Crippen molar-refractivity contribution in [2.75, 3.05) is 19.0 Å². The third-order valence-electron chi connectivity index (χ3n) is 7.00. The van der Waals surface area contributed by atoms with Gasteiger partial charge in [0.25, 0.3) is 5.91 Å². The van der Waals surface area contributed by atoms with E-state index in [9.17, 15) is 9.59 Å². The molecule has 37 heavy (non-hydrogen) atoms. The first-order chi connectivity index (χ1) is 17.8. The summed E-state index contributed by atoms with van der Waals surface area (Å²) in [4.78, 5) is 37.2. The van der Waals surface area contributed by atoms with E-state index in [1.807, 2.05) is 24.6 Å². The molecule has 1 aromatic carbocycles. The predicted molar refractivity (Wildman–Crippen MR) is 136 cm³/mol. The maximum atomic E-state index is 16.0. The van der Waals surface area contributed by atoms with Gasteiger partial charge in [0, 0.05) is 54.1 Å². The fraction of sp³-hybridized carbons (Fsp3) is 0.333. The second kappa shape index (κ2) is 8.52. The van der Waals surface area contributed by atoms with Gasteiger partial charge in [-0.05, 0) is 44.9 Å². The molecule has 4 aromatic rings. The smallest absolute Gasteiger partial charge is 0.253 e. The number of halogens is 1. The van der Waals surface area contributed by atoms with Crippen molar-refractivity contribution < 1.29 is 18.7 Å². The van der Waals surface area contributed by atoms with E-state index in [1.165, 1.54) is 13.2 Å². The van der Waals surface area contributed by atoms with Gasteiger partial charge in [-0.3, -0.25) is 9.59 Å². The molecular formula is C27H27FN6O3. The zero-order chi connectivity index (χ0) is 25.9. The standard InChI is InChI=1S/C27H27FN6O3/c1-27(2)26-32-20(13-34(26)9-10-37-27)16-6-4-5-15(21(16)28)19-11-17-18(25(36)29-3)12-30-23(22(17)31-19)33-24(35)14-7-8-14/h4-6,11-14,31H,7-10H2,1-3H3,(H,29,36)(H,30,33,35). The van der Waals surface area contributed by atoms with Crippen LogP contribution in [-0.4, -0.2) is 45.0 Å². The van der Waals surface area contributed by atoms with E-state index < -0.39 is 11.4 Å². The van der Waals surface area contributed by atoms with E-state index in [4.69, 9.17) is 9.72 Å². The van der Waals surface area contributed by atoms with Crippen LogP contribution < -0.4 is 10.6 Å². The number of nitrogens with zero attached hydrogens (tertiary/aromatic N) is 3. The highest BCUT2D eigenvalue weighted by atomic mass is 19.1. The van der Waals surface area contributed by atoms with Gasteiger partial charge in [0.1, 0.15) is 17.2 Å². The number of benzene rings is 1. The molecule has 9 nitrogen and oxygen atoms in total. The maximum absolute atomic E-state index is 16.0. The van der Waals surface area contributed by atoms with Gasteiger partial charge in [-0.25, -0.2) is 14.4 Å². The average Bonchev–Trinajstić information content (AvgIpc) is 3.48. The van der Waals surface area contributed by atoms with Crippen LogP contribution in [0, 0.1) is 11.7 Å². The number of aromatic nitrogens is 4. The molecule has 1 fully saturated rings. The Morgan fingerprint density at radius 1 is 1.24 bits per heavy atom. The first-order valence-electron chi connectivity index (χ1n) is 12.3. The lowest BCUT2D eigenvalue weighted by molar-refractivity contribution is -0.117. The van der Waals surface area contributed by atoms with Crippen LogP contribution in [0.3, 0.4) is 0 Å². The molecule has 0 spiro atoms. The number of nitrogens with one attached hydrogen (secondary N) is 3. The van der Waals surface area contributed by atoms with Crippen LogP contribution >= 0.6 is 0 Å². The monoisotopic (exact) mass is 502 g/mol. The summed E-state index contributed by atoms with van der Waals surface area (Å²) in [6.45, 7) is 5.11. The minimum Gasteiger partial charge on any atom is -0.366 e. The zero-order valence-corrected chi connectivity index (χ0v) is 20.8. The van der Waals surface area contributed by atoms with Gasteiger partial charge in [0.05, 0.1) is 23.4 Å². The van der Waals surface area contributed by atoms with Crippen molar-refractivity contribution in [2.45, 2.75) is 38.8 Å². The molecule has 3 aromatic heterocycles. The van der Waals surface area contributed by atoms with E-state index in [1.54, 1.807) is 24.3 Å². The minimum atomic E-state index is -0.563. The molecule has 2 amide bonds. The fourth-order valence-electron chi connectivity index (χ4n) is 4.83. The summed E-state index contributed by atoms with van der Waals surface area (Å²) >= 11 is 0. The highest BCUT2D eigenvalue weighted by molar-refractivity contribution is 6.11. The molecule has 190 valence electrons. The summed E-state index contributed by atoms with van der Waals surface area (Å²) in [6.07, 6.45) is 4.97. The van der Waals surface area contributed by atoms with Crippen molar-refractivity contribution in [3.63, 3.8) is 0 Å². The summed E-state index contributed by atoms with van der Waals surface area (Å²) < 4.78 is 23.9. The molecule has 2 aliphatic rings. The zero-order valence-electron chi connectivity index (χ0n) is 20.8. The van der Waals surface area contributed by atoms with Crippen LogP contribution in [0.15, 0.2) is 36.7 Å². The van der Waals surface area contributed by atoms with Crippen LogP contribution in [0.25, 0.3) is 33.4 Å². The summed E-state index contributed by atoms with van der Waals surface area (Å²) in [5.74, 6) is 0.163. The van der Waals surface area contributed by atoms with Gasteiger partial charge in [-0.1, -0.05) is 6.07 Å². The van der Waals surface area contributed by atoms with Crippen LogP contribution in [-0.2, 0) is 21.7 Å². The summed E-state index contributed by atoms with van der Waals surface area (Å²) in [5.41, 5.74) is 1.89. The van der Waals surface area contributed by atoms with E-state index in [0.717, 1.165) is 18.7 Å². The second-order valence-corrected chi connectivity index (χ2v) is 10.0. The fourth-order valence-corrected chi connectivity index (χ4v) is 4.83. The van der Waals surface area contributed by atoms with Gasteiger partial charge in [0.15, 0.2) is 5.82 Å². The highest BCUT2D eigenvalue weighted by Crippen LogP contribution is 2.37. The lowest BCUT2D eigenvalue weighted by Gasteiger charge is -2.30. The molecule has 1 aliphatic carbocycles. The summed E-state index contributed by atoms with van der Waals surface area (Å²) in [6, 6.07) is 6.85. The largest absolute Gasteiger partial charge is 0.366 e. The molecule has 0 radical (unpaired) electrons. The molecule has 3 N–H and O–H groups in total. The molecule has 0 unspecified atom stereocenters. The summed E-state index contributed by atoms with van der Waals surface area (Å²) in [7, 11) is 1.53. The third kappa shape index (κ3) is 3.97. The number of anilines is 1. The van der Waals surface area contributed by atoms with Crippen molar-refractivity contribution in [2.24, 2.45) is 5.92 Å². The molecule has 4 heterocycles. The van der Waals surface area contributed by atoms with Gasteiger partial charge in [-0.15, -0.1) is 0 Å². The number of aromatic amines is 1. The average molecular weight is 503 g/mol. The van der Waals surface area contributed by atoms with Crippen LogP contribution in [0.2, 0.25) is 0 Å². The second-order valence-electron chi connectivity index (χ2n) is 10.0. The Morgan fingerprint density at radius 2 is 2.03 bits per heavy atom. The lowest BCUT2D eigenvalue weighted by Crippen LogP contribution is -2.33. The Kier molecular flexibility index (Phi) is 5.38. The number of rotatable bonds is 5. The molecular weight excluding hydrogens is 475 g/mol. The summed E-state index contributed by atoms with van der Waals surface area (Å²) in [5, 5.41) is 6.00. The Bertz CT molecular complexity index is 1570. The van der Waals surface area contributed by atoms with Crippen molar-refractivity contribution in [3.05, 3.63) is 53.9 Å². The third-order valence-corrected chi connectivity index (χ3v) is 7.00. The SMILES string of the molecule is CNC(=O)c1cnc(NC(=O)C2CC2)c2[nH]c(-c3cccc(-c4cn5c(n4)C(C)(C)OCC5)c3F)cc12. The van der Waals surface area contributed by atoms with E-state index >= 15 is 4.39 Å². The van der Waals surface area contributed by atoms with E-state index in [-0.39, 0.29) is 17.7 Å². The Balaban J connectivity index is 1.46. The van der Waals surface area contributed by atoms with Crippen molar-refractivity contribution in [3.8, 4) is 22.5 Å². The Morgan fingerprint density at radius 3 is 2.76 bits per heavy atom.